The predicted molar refractivity (Wildman–Crippen MR) is 82.1 cm³/mol. The van der Waals surface area contributed by atoms with Crippen molar-refractivity contribution in [3.05, 3.63) is 40.8 Å². The van der Waals surface area contributed by atoms with Crippen molar-refractivity contribution in [1.82, 2.24) is 14.9 Å². The highest BCUT2D eigenvalue weighted by atomic mass is 15.1. The Hall–Kier alpha value is -1.61. The number of rotatable bonds is 0. The summed E-state index contributed by atoms with van der Waals surface area (Å²) >= 11 is 0. The van der Waals surface area contributed by atoms with E-state index in [-0.39, 0.29) is 1.43 Å². The highest BCUT2D eigenvalue weighted by Crippen LogP contribution is 2.31. The van der Waals surface area contributed by atoms with Gasteiger partial charge in [0.15, 0.2) is 0 Å². The van der Waals surface area contributed by atoms with Crippen LogP contribution in [-0.4, -0.2) is 21.9 Å². The molecule has 0 atom stereocenters. The van der Waals surface area contributed by atoms with E-state index in [1.165, 1.54) is 22.4 Å². The van der Waals surface area contributed by atoms with Crippen molar-refractivity contribution in [1.29, 1.82) is 0 Å². The van der Waals surface area contributed by atoms with Crippen LogP contribution in [0.4, 0.5) is 0 Å². The number of hydrogen-bond acceptors (Lipinski definition) is 2. The summed E-state index contributed by atoms with van der Waals surface area (Å²) in [5.41, 5.74) is 6.32. The van der Waals surface area contributed by atoms with Crippen LogP contribution < -0.4 is 0 Å². The average molecular weight is 259 g/mol. The van der Waals surface area contributed by atoms with Gasteiger partial charge >= 0.3 is 0 Å². The number of benzene rings is 1. The normalized spacial score (nSPS) is 13.9. The highest BCUT2D eigenvalue weighted by Gasteiger charge is 2.20. The maximum atomic E-state index is 4.63. The topological polar surface area (TPSA) is 31.9 Å². The van der Waals surface area contributed by atoms with Crippen molar-refractivity contribution in [3.8, 4) is 11.3 Å². The van der Waals surface area contributed by atoms with Gasteiger partial charge in [-0.25, -0.2) is 4.98 Å². The van der Waals surface area contributed by atoms with E-state index in [2.05, 4.69) is 47.0 Å². The maximum Gasteiger partial charge on any atom is 0.103 e. The van der Waals surface area contributed by atoms with Gasteiger partial charge in [-0.15, -0.1) is 0 Å². The van der Waals surface area contributed by atoms with Gasteiger partial charge in [0, 0.05) is 20.1 Å². The van der Waals surface area contributed by atoms with Crippen LogP contribution in [0, 0.1) is 13.8 Å². The molecule has 1 N–H and O–H groups in total. The fourth-order valence-electron chi connectivity index (χ4n) is 2.58. The van der Waals surface area contributed by atoms with E-state index in [0.717, 1.165) is 24.6 Å². The minimum atomic E-state index is 0. The molecule has 1 aromatic heterocycles. The van der Waals surface area contributed by atoms with Crippen LogP contribution in [-0.2, 0) is 13.1 Å². The van der Waals surface area contributed by atoms with Gasteiger partial charge in [0.25, 0.3) is 0 Å². The molecule has 0 fully saturated rings. The van der Waals surface area contributed by atoms with Crippen molar-refractivity contribution in [2.24, 2.45) is 0 Å². The van der Waals surface area contributed by atoms with Crippen molar-refractivity contribution in [2.45, 2.75) is 40.8 Å². The Labute approximate surface area is 117 Å². The Bertz CT molecular complexity index is 575. The molecular formula is C16H25N3. The second-order valence-corrected chi connectivity index (χ2v) is 4.98. The maximum absolute atomic E-state index is 4.63. The molecule has 2 heterocycles. The standard InChI is InChI=1S/C14H17N3.C2H6.H2/c1-9-4-5-12-11(6-9)7-17(3)8-13-14(12)16-10(2)15-13;1-2;/h4-6H,7-8H2,1-3H3,(H,15,16);1-2H3;1H. The lowest BCUT2D eigenvalue weighted by Gasteiger charge is -2.14. The van der Waals surface area contributed by atoms with Crippen LogP contribution in [0.3, 0.4) is 0 Å². The van der Waals surface area contributed by atoms with E-state index < -0.39 is 0 Å². The Kier molecular flexibility index (Phi) is 4.05. The number of hydrogen-bond donors (Lipinski definition) is 1. The van der Waals surface area contributed by atoms with Crippen LogP contribution in [0.15, 0.2) is 18.2 Å². The van der Waals surface area contributed by atoms with Gasteiger partial charge in [0.2, 0.25) is 0 Å². The van der Waals surface area contributed by atoms with Crippen LogP contribution >= 0.6 is 0 Å². The summed E-state index contributed by atoms with van der Waals surface area (Å²) in [6.07, 6.45) is 0. The molecule has 0 bridgehead atoms. The van der Waals surface area contributed by atoms with Gasteiger partial charge < -0.3 is 4.98 Å². The molecule has 0 saturated heterocycles. The zero-order valence-corrected chi connectivity index (χ0v) is 12.5. The molecule has 0 spiro atoms. The number of aryl methyl sites for hydroxylation is 2. The summed E-state index contributed by atoms with van der Waals surface area (Å²) in [7, 11) is 2.15. The van der Waals surface area contributed by atoms with Crippen molar-refractivity contribution in [2.75, 3.05) is 7.05 Å². The number of fused-ring (bicyclic) bond motifs is 3. The van der Waals surface area contributed by atoms with E-state index >= 15 is 0 Å². The molecule has 104 valence electrons. The molecule has 0 radical (unpaired) electrons. The molecule has 19 heavy (non-hydrogen) atoms. The second-order valence-electron chi connectivity index (χ2n) is 4.98. The molecule has 3 rings (SSSR count). The lowest BCUT2D eigenvalue weighted by Crippen LogP contribution is -2.16. The van der Waals surface area contributed by atoms with Gasteiger partial charge in [-0.05, 0) is 26.5 Å². The third-order valence-corrected chi connectivity index (χ3v) is 3.28. The Morgan fingerprint density at radius 3 is 2.68 bits per heavy atom. The third-order valence-electron chi connectivity index (χ3n) is 3.28. The first-order valence-corrected chi connectivity index (χ1v) is 6.97. The minimum Gasteiger partial charge on any atom is -0.345 e. The lowest BCUT2D eigenvalue weighted by molar-refractivity contribution is 0.319. The molecule has 0 saturated carbocycles. The molecule has 0 unspecified atom stereocenters. The molecule has 0 aliphatic carbocycles. The van der Waals surface area contributed by atoms with E-state index in [1.54, 1.807) is 0 Å². The van der Waals surface area contributed by atoms with Gasteiger partial charge in [0.05, 0.1) is 11.4 Å². The quantitative estimate of drug-likeness (QED) is 0.778. The highest BCUT2D eigenvalue weighted by molar-refractivity contribution is 5.67. The monoisotopic (exact) mass is 259 g/mol. The lowest BCUT2D eigenvalue weighted by atomic mass is 10.0. The molecule has 3 nitrogen and oxygen atoms in total. The first-order chi connectivity index (χ1) is 9.13. The number of imidazole rings is 1. The Morgan fingerprint density at radius 1 is 1.21 bits per heavy atom. The average Bonchev–Trinajstić information content (AvgIpc) is 2.67. The molecule has 2 aromatic rings. The van der Waals surface area contributed by atoms with Gasteiger partial charge in [0.1, 0.15) is 5.82 Å². The smallest absolute Gasteiger partial charge is 0.103 e. The molecular weight excluding hydrogens is 234 g/mol. The summed E-state index contributed by atoms with van der Waals surface area (Å²) in [6.45, 7) is 10.1. The second kappa shape index (κ2) is 5.57. The fourth-order valence-corrected chi connectivity index (χ4v) is 2.58. The summed E-state index contributed by atoms with van der Waals surface area (Å²) in [4.78, 5) is 10.3. The van der Waals surface area contributed by atoms with Gasteiger partial charge in [-0.2, -0.15) is 0 Å². The number of nitrogens with zero attached hydrogens (tertiary/aromatic N) is 2. The molecule has 1 aliphatic rings. The van der Waals surface area contributed by atoms with E-state index in [1.807, 2.05) is 20.8 Å². The van der Waals surface area contributed by atoms with E-state index in [0.29, 0.717) is 0 Å². The summed E-state index contributed by atoms with van der Waals surface area (Å²) in [6, 6.07) is 6.63. The zero-order chi connectivity index (χ0) is 14.0. The number of nitrogens with one attached hydrogen (secondary N) is 1. The van der Waals surface area contributed by atoms with Crippen LogP contribution in [0.25, 0.3) is 11.3 Å². The Balaban J connectivity index is 0.000000639. The SMILES string of the molecule is CC.Cc1ccc2c(c1)CN(C)Cc1[nH]c(C)nc1-2.[HH]. The predicted octanol–water partition coefficient (Wildman–Crippen LogP) is 3.91. The Morgan fingerprint density at radius 2 is 1.95 bits per heavy atom. The number of aromatic amines is 1. The van der Waals surface area contributed by atoms with Crippen molar-refractivity contribution < 1.29 is 1.43 Å². The van der Waals surface area contributed by atoms with Crippen molar-refractivity contribution in [3.63, 3.8) is 0 Å². The third kappa shape index (κ3) is 2.71. The first-order valence-electron chi connectivity index (χ1n) is 6.97. The van der Waals surface area contributed by atoms with Gasteiger partial charge in [-0.1, -0.05) is 37.6 Å². The number of H-pyrrole nitrogens is 1. The van der Waals surface area contributed by atoms with Crippen LogP contribution in [0.5, 0.6) is 0 Å². The molecule has 0 amide bonds. The minimum absolute atomic E-state index is 0. The molecule has 3 heteroatoms. The van der Waals surface area contributed by atoms with E-state index in [4.69, 9.17) is 0 Å². The van der Waals surface area contributed by atoms with Gasteiger partial charge in [-0.3, -0.25) is 4.90 Å². The largest absolute Gasteiger partial charge is 0.345 e. The molecule has 1 aliphatic heterocycles. The van der Waals surface area contributed by atoms with Crippen LogP contribution in [0.1, 0.15) is 37.9 Å². The van der Waals surface area contributed by atoms with E-state index in [9.17, 15) is 0 Å². The molecule has 1 aromatic carbocycles. The fraction of sp³-hybridized carbons (Fsp3) is 0.438. The summed E-state index contributed by atoms with van der Waals surface area (Å²) in [5, 5.41) is 0. The summed E-state index contributed by atoms with van der Waals surface area (Å²) in [5.74, 6) is 0.997. The number of aromatic nitrogens is 2. The van der Waals surface area contributed by atoms with Crippen molar-refractivity contribution >= 4 is 0 Å². The zero-order valence-electron chi connectivity index (χ0n) is 12.5. The first kappa shape index (κ1) is 13.8. The van der Waals surface area contributed by atoms with Crippen LogP contribution in [0.2, 0.25) is 0 Å². The summed E-state index contributed by atoms with van der Waals surface area (Å²) < 4.78 is 0.